The van der Waals surface area contributed by atoms with Crippen LogP contribution < -0.4 is 158 Å². The zero-order valence-electron chi connectivity index (χ0n) is 6.44. The number of hydrogen-bond acceptors (Lipinski definition) is 6. The summed E-state index contributed by atoms with van der Waals surface area (Å²) in [4.78, 5) is 0. The van der Waals surface area contributed by atoms with Crippen LogP contribution in [0.2, 0.25) is 0 Å². The third-order valence-corrected chi connectivity index (χ3v) is 0. The van der Waals surface area contributed by atoms with Crippen LogP contribution in [-0.2, 0) is 14.2 Å². The monoisotopic (exact) mass is 272 g/mol. The summed E-state index contributed by atoms with van der Waals surface area (Å²) in [6, 6.07) is 0. The predicted molar refractivity (Wildman–Crippen MR) is 16.9 cm³/mol. The molecule has 11 heavy (non-hydrogen) atoms. The molecular weight excluding hydrogens is 272 g/mol. The average Bonchev–Trinajstić information content (AvgIpc) is 1.27. The molecule has 0 aromatic carbocycles. The molecule has 0 aromatic heterocycles. The third kappa shape index (κ3) is 103. The summed E-state index contributed by atoms with van der Waals surface area (Å²) in [5, 5.41) is 0. The van der Waals surface area contributed by atoms with Crippen LogP contribution in [0.5, 0.6) is 0 Å². The van der Waals surface area contributed by atoms with Gasteiger partial charge in [0.15, 0.2) is 0 Å². The average molecular weight is 272 g/mol. The second kappa shape index (κ2) is 20.3. The molecule has 0 atom stereocenters. The summed E-state index contributed by atoms with van der Waals surface area (Å²) in [6.07, 6.45) is 0. The quantitative estimate of drug-likeness (QED) is 0.245. The Balaban J connectivity index is -0.0000000183. The van der Waals surface area contributed by atoms with E-state index in [0.717, 1.165) is 0 Å². The molecule has 0 radical (unpaired) electrons. The molecule has 11 heteroatoms. The Morgan fingerprint density at radius 2 is 1.00 bits per heavy atom. The number of rotatable bonds is 0. The molecule has 6 nitrogen and oxygen atoms in total. The first-order valence-electron chi connectivity index (χ1n) is 1.14. The van der Waals surface area contributed by atoms with Crippen molar-refractivity contribution in [3.8, 4) is 0 Å². The van der Waals surface area contributed by atoms with E-state index in [1.165, 1.54) is 0 Å². The van der Waals surface area contributed by atoms with Crippen LogP contribution in [0.15, 0.2) is 0 Å². The van der Waals surface area contributed by atoms with Gasteiger partial charge in [-0.05, 0) is 0 Å². The fourth-order valence-electron chi connectivity index (χ4n) is 0. The molecule has 0 saturated carbocycles. The van der Waals surface area contributed by atoms with Crippen molar-refractivity contribution >= 4 is 25.9 Å². The van der Waals surface area contributed by atoms with Crippen molar-refractivity contribution in [2.45, 2.75) is 0 Å². The van der Waals surface area contributed by atoms with E-state index in [9.17, 15) is 0 Å². The van der Waals surface area contributed by atoms with Crippen molar-refractivity contribution in [1.29, 1.82) is 0 Å². The Hall–Kier alpha value is 4.91. The van der Waals surface area contributed by atoms with Gasteiger partial charge in [0.05, 0.1) is 0 Å². The fourth-order valence-corrected chi connectivity index (χ4v) is 0. The van der Waals surface area contributed by atoms with Gasteiger partial charge in [0, 0.05) is 10.4 Å². The SMILES string of the molecule is O=S(=O)([O-])[O-].[K+].[K+].[K+].[O]=[Al][O-]. The van der Waals surface area contributed by atoms with E-state index in [2.05, 4.69) is 0 Å². The Morgan fingerprint density at radius 3 is 1.00 bits per heavy atom. The maximum atomic E-state index is 8.52. The van der Waals surface area contributed by atoms with Gasteiger partial charge in [-0.3, -0.25) is 8.42 Å². The van der Waals surface area contributed by atoms with Gasteiger partial charge < -0.3 is 9.11 Å². The molecule has 0 amide bonds. The van der Waals surface area contributed by atoms with E-state index in [0.29, 0.717) is 0 Å². The molecule has 0 unspecified atom stereocenters. The molecule has 0 fully saturated rings. The molecule has 0 spiro atoms. The first-order valence-corrected chi connectivity index (χ1v) is 3.41. The van der Waals surface area contributed by atoms with E-state index in [1.807, 2.05) is 0 Å². The van der Waals surface area contributed by atoms with Crippen molar-refractivity contribution in [3.05, 3.63) is 0 Å². The molecule has 0 bridgehead atoms. The molecule has 0 rings (SSSR count). The van der Waals surface area contributed by atoms with Gasteiger partial charge in [0.1, 0.15) is 0 Å². The summed E-state index contributed by atoms with van der Waals surface area (Å²) < 4.78 is 51.0. The Bertz CT molecular complexity index is 132. The van der Waals surface area contributed by atoms with Crippen LogP contribution in [0.4, 0.5) is 0 Å². The van der Waals surface area contributed by atoms with E-state index >= 15 is 0 Å². The van der Waals surface area contributed by atoms with Crippen molar-refractivity contribution in [3.63, 3.8) is 0 Å². The van der Waals surface area contributed by atoms with Gasteiger partial charge in [-0.25, -0.2) is 0 Å². The zero-order valence-corrected chi connectivity index (χ0v) is 17.8. The second-order valence-electron chi connectivity index (χ2n) is 0.504. The molecule has 0 aromatic rings. The molecule has 0 N–H and O–H groups in total. The van der Waals surface area contributed by atoms with Gasteiger partial charge in [0.2, 0.25) is 0 Å². The van der Waals surface area contributed by atoms with Crippen LogP contribution in [0.1, 0.15) is 0 Å². The minimum atomic E-state index is -5.17. The first-order chi connectivity index (χ1) is 3.41. The van der Waals surface area contributed by atoms with E-state index < -0.39 is 25.9 Å². The molecule has 48 valence electrons. The second-order valence-corrected chi connectivity index (χ2v) is 1.51. The van der Waals surface area contributed by atoms with E-state index in [1.54, 1.807) is 0 Å². The van der Waals surface area contributed by atoms with Crippen LogP contribution in [0.3, 0.4) is 0 Å². The Labute approximate surface area is 199 Å². The zero-order chi connectivity index (χ0) is 7.21. The number of hydrogen-bond donors (Lipinski definition) is 0. The summed E-state index contributed by atoms with van der Waals surface area (Å²) in [5.74, 6) is 0. The molecule has 0 aliphatic rings. The predicted octanol–water partition coefficient (Wildman–Crippen LogP) is -12.0. The standard InChI is InChI=1S/Al.3K.H2O4S.2O/c;;;;1-5(2,3)4;;/h;;;;(H2,1,2,3,4);;/q;3*+1;;;-1/p-2. The van der Waals surface area contributed by atoms with Crippen molar-refractivity contribution in [1.82, 2.24) is 0 Å². The minimum absolute atomic E-state index is 0. The molecule has 0 heterocycles. The molecule has 0 aliphatic carbocycles. The van der Waals surface area contributed by atoms with Gasteiger partial charge in [-0.1, -0.05) is 0 Å². The Morgan fingerprint density at radius 1 is 1.00 bits per heavy atom. The third-order valence-electron chi connectivity index (χ3n) is 0. The summed E-state index contributed by atoms with van der Waals surface area (Å²) in [6.45, 7) is 0. The summed E-state index contributed by atoms with van der Waals surface area (Å²) >= 11 is -1.75. The first kappa shape index (κ1) is 29.7. The fraction of sp³-hybridized carbons (Fsp3) is 0. The van der Waals surface area contributed by atoms with Crippen LogP contribution in [-0.4, -0.2) is 33.0 Å². The summed E-state index contributed by atoms with van der Waals surface area (Å²) in [7, 11) is -5.17. The summed E-state index contributed by atoms with van der Waals surface area (Å²) in [5.41, 5.74) is 0. The Kier molecular flexibility index (Phi) is 54.9. The van der Waals surface area contributed by atoms with Crippen molar-refractivity contribution < 1.29 is 180 Å². The normalized spacial score (nSPS) is 6.00. The van der Waals surface area contributed by atoms with Crippen LogP contribution >= 0.6 is 0 Å². The van der Waals surface area contributed by atoms with Gasteiger partial charge in [-0.15, -0.1) is 0 Å². The van der Waals surface area contributed by atoms with Crippen LogP contribution in [0, 0.1) is 0 Å². The topological polar surface area (TPSA) is 120 Å². The van der Waals surface area contributed by atoms with Gasteiger partial charge in [-0.2, -0.15) is 0 Å². The molecular formula is AlK3O6S. The van der Waals surface area contributed by atoms with Gasteiger partial charge in [0.25, 0.3) is 0 Å². The molecule has 0 saturated heterocycles. The van der Waals surface area contributed by atoms with Gasteiger partial charge >= 0.3 is 178 Å². The van der Waals surface area contributed by atoms with E-state index in [4.69, 9.17) is 25.5 Å². The van der Waals surface area contributed by atoms with Crippen LogP contribution in [0.25, 0.3) is 0 Å². The molecule has 0 aliphatic heterocycles. The van der Waals surface area contributed by atoms with Crippen molar-refractivity contribution in [2.75, 3.05) is 0 Å². The van der Waals surface area contributed by atoms with E-state index in [-0.39, 0.29) is 154 Å². The maximum absolute atomic E-state index is 8.52. The van der Waals surface area contributed by atoms with Crippen molar-refractivity contribution in [2.24, 2.45) is 0 Å².